The molecule has 1 aromatic carbocycles. The molecule has 0 aliphatic carbocycles. The van der Waals surface area contributed by atoms with Crippen molar-refractivity contribution in [3.05, 3.63) is 28.1 Å². The van der Waals surface area contributed by atoms with Crippen LogP contribution in [0.4, 0.5) is 15.8 Å². The molecule has 0 saturated carbocycles. The first-order valence-electron chi connectivity index (χ1n) is 5.95. The molecule has 7 nitrogen and oxygen atoms in total. The van der Waals surface area contributed by atoms with E-state index in [0.29, 0.717) is 0 Å². The largest absolute Gasteiger partial charge is 0.490 e. The molecule has 1 rings (SSSR count). The Balaban J connectivity index is 3.08. The summed E-state index contributed by atoms with van der Waals surface area (Å²) in [6, 6.07) is 1.86. The van der Waals surface area contributed by atoms with Gasteiger partial charge < -0.3 is 10.1 Å². The van der Waals surface area contributed by atoms with Crippen molar-refractivity contribution in [3.8, 4) is 5.75 Å². The van der Waals surface area contributed by atoms with Crippen LogP contribution in [-0.2, 0) is 9.84 Å². The van der Waals surface area contributed by atoms with Gasteiger partial charge in [0, 0.05) is 18.9 Å². The topological polar surface area (TPSA) is 98.5 Å². The Bertz CT molecular complexity index is 658. The van der Waals surface area contributed by atoms with E-state index in [-0.39, 0.29) is 18.0 Å². The molecule has 0 heterocycles. The lowest BCUT2D eigenvalue weighted by molar-refractivity contribution is -0.385. The van der Waals surface area contributed by atoms with E-state index in [4.69, 9.17) is 4.74 Å². The maximum Gasteiger partial charge on any atom is 0.313 e. The minimum Gasteiger partial charge on any atom is -0.490 e. The summed E-state index contributed by atoms with van der Waals surface area (Å²) in [5, 5.41) is 13.4. The van der Waals surface area contributed by atoms with Crippen LogP contribution in [0, 0.1) is 15.9 Å². The molecule has 0 unspecified atom stereocenters. The van der Waals surface area contributed by atoms with Crippen LogP contribution in [0.3, 0.4) is 0 Å². The lowest BCUT2D eigenvalue weighted by Crippen LogP contribution is -2.38. The van der Waals surface area contributed by atoms with Gasteiger partial charge in [-0.15, -0.1) is 0 Å². The average Bonchev–Trinajstić information content (AvgIpc) is 2.35. The Kier molecular flexibility index (Phi) is 4.77. The summed E-state index contributed by atoms with van der Waals surface area (Å²) in [5.41, 5.74) is -0.558. The van der Waals surface area contributed by atoms with Crippen LogP contribution in [0.1, 0.15) is 13.8 Å². The number of anilines is 1. The van der Waals surface area contributed by atoms with Crippen molar-refractivity contribution in [3.63, 3.8) is 0 Å². The van der Waals surface area contributed by atoms with Gasteiger partial charge in [0.1, 0.15) is 0 Å². The average molecular weight is 320 g/mol. The molecule has 0 saturated heterocycles. The fraction of sp³-hybridized carbons (Fsp3) is 0.500. The lowest BCUT2D eigenvalue weighted by atomic mass is 10.2. The van der Waals surface area contributed by atoms with Gasteiger partial charge in [-0.3, -0.25) is 10.1 Å². The van der Waals surface area contributed by atoms with Crippen LogP contribution in [0.2, 0.25) is 0 Å². The zero-order valence-corrected chi connectivity index (χ0v) is 13.0. The van der Waals surface area contributed by atoms with Gasteiger partial charge in [0.2, 0.25) is 0 Å². The van der Waals surface area contributed by atoms with Gasteiger partial charge in [0.25, 0.3) is 0 Å². The third-order valence-corrected chi connectivity index (χ3v) is 5.33. The molecular weight excluding hydrogens is 303 g/mol. The standard InChI is InChI=1S/C12H17FN2O5S/c1-12(2,21(4,18)19)7-14-9-6-11(20-3)10(15(16)17)5-8(9)13/h5-6,14H,7H2,1-4H3. The van der Waals surface area contributed by atoms with Gasteiger partial charge in [-0.05, 0) is 13.8 Å². The molecule has 1 aromatic rings. The number of hydrogen-bond acceptors (Lipinski definition) is 6. The minimum absolute atomic E-state index is 0.0519. The molecule has 0 radical (unpaired) electrons. The Morgan fingerprint density at radius 1 is 1.43 bits per heavy atom. The molecule has 0 bridgehead atoms. The number of rotatable bonds is 6. The van der Waals surface area contributed by atoms with E-state index in [1.54, 1.807) is 0 Å². The minimum atomic E-state index is -3.35. The molecule has 0 aromatic heterocycles. The lowest BCUT2D eigenvalue weighted by Gasteiger charge is -2.23. The maximum absolute atomic E-state index is 13.8. The van der Waals surface area contributed by atoms with Crippen LogP contribution >= 0.6 is 0 Å². The van der Waals surface area contributed by atoms with E-state index >= 15 is 0 Å². The van der Waals surface area contributed by atoms with Crippen LogP contribution in [0.15, 0.2) is 12.1 Å². The fourth-order valence-electron chi connectivity index (χ4n) is 1.42. The van der Waals surface area contributed by atoms with Crippen LogP contribution in [0.5, 0.6) is 5.75 Å². The first-order valence-corrected chi connectivity index (χ1v) is 7.84. The number of benzene rings is 1. The number of ether oxygens (including phenoxy) is 1. The Labute approximate surface area is 122 Å². The molecule has 0 fully saturated rings. The summed E-state index contributed by atoms with van der Waals surface area (Å²) in [6.45, 7) is 2.94. The summed E-state index contributed by atoms with van der Waals surface area (Å²) < 4.78 is 40.7. The molecule has 0 spiro atoms. The predicted molar refractivity (Wildman–Crippen MR) is 77.0 cm³/mol. The molecule has 118 valence electrons. The second kappa shape index (κ2) is 5.84. The van der Waals surface area contributed by atoms with E-state index in [1.165, 1.54) is 21.0 Å². The van der Waals surface area contributed by atoms with Crippen LogP contribution in [0.25, 0.3) is 0 Å². The van der Waals surface area contributed by atoms with Crippen molar-refractivity contribution in [2.24, 2.45) is 0 Å². The van der Waals surface area contributed by atoms with Crippen molar-refractivity contribution < 1.29 is 22.5 Å². The molecule has 1 N–H and O–H groups in total. The van der Waals surface area contributed by atoms with Gasteiger partial charge in [-0.25, -0.2) is 12.8 Å². The number of halogens is 1. The van der Waals surface area contributed by atoms with Crippen molar-refractivity contribution in [1.29, 1.82) is 0 Å². The number of sulfone groups is 1. The molecule has 0 aliphatic heterocycles. The van der Waals surface area contributed by atoms with Crippen LogP contribution < -0.4 is 10.1 Å². The Morgan fingerprint density at radius 3 is 2.43 bits per heavy atom. The van der Waals surface area contributed by atoms with Crippen molar-refractivity contribution in [1.82, 2.24) is 0 Å². The van der Waals surface area contributed by atoms with Gasteiger partial charge >= 0.3 is 5.69 Å². The Morgan fingerprint density at radius 2 is 2.00 bits per heavy atom. The summed E-state index contributed by atoms with van der Waals surface area (Å²) in [7, 11) is -2.12. The second-order valence-electron chi connectivity index (χ2n) is 5.15. The highest BCUT2D eigenvalue weighted by atomic mass is 32.2. The van der Waals surface area contributed by atoms with Crippen molar-refractivity contribution >= 4 is 21.2 Å². The van der Waals surface area contributed by atoms with E-state index in [0.717, 1.165) is 18.4 Å². The quantitative estimate of drug-likeness (QED) is 0.635. The number of nitro groups is 1. The zero-order valence-electron chi connectivity index (χ0n) is 12.1. The molecule has 0 aliphatic rings. The van der Waals surface area contributed by atoms with Gasteiger partial charge in [-0.2, -0.15) is 0 Å². The van der Waals surface area contributed by atoms with Gasteiger partial charge in [0.15, 0.2) is 21.4 Å². The predicted octanol–water partition coefficient (Wildman–Crippen LogP) is 1.98. The number of hydrogen-bond donors (Lipinski definition) is 1. The summed E-state index contributed by atoms with van der Waals surface area (Å²) in [6.07, 6.45) is 1.08. The highest BCUT2D eigenvalue weighted by Gasteiger charge is 2.30. The smallest absolute Gasteiger partial charge is 0.313 e. The summed E-state index contributed by atoms with van der Waals surface area (Å²) >= 11 is 0. The number of methoxy groups -OCH3 is 1. The van der Waals surface area contributed by atoms with E-state index in [9.17, 15) is 22.9 Å². The molecule has 0 atom stereocenters. The highest BCUT2D eigenvalue weighted by molar-refractivity contribution is 7.92. The normalized spacial score (nSPS) is 12.0. The second-order valence-corrected chi connectivity index (χ2v) is 7.80. The molecule has 0 amide bonds. The Hall–Kier alpha value is -1.90. The fourth-order valence-corrected chi connectivity index (χ4v) is 1.76. The maximum atomic E-state index is 13.8. The highest BCUT2D eigenvalue weighted by Crippen LogP contribution is 2.32. The van der Waals surface area contributed by atoms with E-state index < -0.39 is 31.0 Å². The molecule has 9 heteroatoms. The van der Waals surface area contributed by atoms with Gasteiger partial charge in [0.05, 0.1) is 28.5 Å². The SMILES string of the molecule is COc1cc(NCC(C)(C)S(C)(=O)=O)c(F)cc1[N+](=O)[O-]. The first kappa shape index (κ1) is 17.2. The number of nitrogens with one attached hydrogen (secondary N) is 1. The monoisotopic (exact) mass is 320 g/mol. The molecular formula is C12H17FN2O5S. The van der Waals surface area contributed by atoms with Crippen LogP contribution in [-0.4, -0.2) is 38.0 Å². The van der Waals surface area contributed by atoms with Crippen molar-refractivity contribution in [2.75, 3.05) is 25.2 Å². The van der Waals surface area contributed by atoms with Crippen molar-refractivity contribution in [2.45, 2.75) is 18.6 Å². The number of nitrogens with zero attached hydrogens (tertiary/aromatic N) is 1. The van der Waals surface area contributed by atoms with Gasteiger partial charge in [-0.1, -0.05) is 0 Å². The number of nitro benzene ring substituents is 1. The third kappa shape index (κ3) is 3.81. The third-order valence-electron chi connectivity index (χ3n) is 3.17. The summed E-state index contributed by atoms with van der Waals surface area (Å²) in [4.78, 5) is 9.99. The summed E-state index contributed by atoms with van der Waals surface area (Å²) in [5.74, 6) is -0.965. The zero-order chi connectivity index (χ0) is 16.4. The molecule has 21 heavy (non-hydrogen) atoms. The van der Waals surface area contributed by atoms with E-state index in [2.05, 4.69) is 5.32 Å². The van der Waals surface area contributed by atoms with E-state index in [1.807, 2.05) is 0 Å². The first-order chi connectivity index (χ1) is 9.49.